The molecule has 4 heteroatoms. The predicted octanol–water partition coefficient (Wildman–Crippen LogP) is 2.26. The van der Waals surface area contributed by atoms with Crippen molar-refractivity contribution in [2.24, 2.45) is 0 Å². The van der Waals surface area contributed by atoms with E-state index in [2.05, 4.69) is 5.32 Å². The molecule has 2 atom stereocenters. The van der Waals surface area contributed by atoms with Gasteiger partial charge in [0, 0.05) is 24.1 Å². The summed E-state index contributed by atoms with van der Waals surface area (Å²) in [6.45, 7) is 4.06. The zero-order chi connectivity index (χ0) is 12.8. The molecule has 1 rings (SSSR count). The molecule has 0 aromatic heterocycles. The number of ether oxygens (including phenoxy) is 1. The summed E-state index contributed by atoms with van der Waals surface area (Å²) in [5, 5.41) is 12.2. The number of hydrogen-bond acceptors (Lipinski definition) is 3. The number of hydrogen-bond donors (Lipinski definition) is 2. The molecule has 0 spiro atoms. The molecule has 0 aliphatic carbocycles. The van der Waals surface area contributed by atoms with E-state index in [9.17, 15) is 4.39 Å². The summed E-state index contributed by atoms with van der Waals surface area (Å²) in [4.78, 5) is 0. The Morgan fingerprint density at radius 1 is 1.41 bits per heavy atom. The zero-order valence-corrected chi connectivity index (χ0v) is 10.5. The smallest absolute Gasteiger partial charge is 0.126 e. The van der Waals surface area contributed by atoms with E-state index in [1.165, 1.54) is 12.1 Å². The first kappa shape index (κ1) is 13.9. The molecule has 1 aromatic rings. The zero-order valence-electron chi connectivity index (χ0n) is 10.5. The minimum absolute atomic E-state index is 0.0946. The summed E-state index contributed by atoms with van der Waals surface area (Å²) in [6.07, 6.45) is 0.123. The van der Waals surface area contributed by atoms with Gasteiger partial charge in [-0.2, -0.15) is 0 Å². The van der Waals surface area contributed by atoms with Gasteiger partial charge >= 0.3 is 0 Å². The van der Waals surface area contributed by atoms with Crippen molar-refractivity contribution >= 4 is 0 Å². The Hall–Kier alpha value is -1.13. The first-order valence-corrected chi connectivity index (χ1v) is 5.82. The van der Waals surface area contributed by atoms with Crippen molar-refractivity contribution in [3.05, 3.63) is 29.6 Å². The number of aliphatic hydroxyl groups is 1. The van der Waals surface area contributed by atoms with E-state index in [1.807, 2.05) is 14.0 Å². The molecule has 96 valence electrons. The van der Waals surface area contributed by atoms with Crippen molar-refractivity contribution in [1.29, 1.82) is 0 Å². The Bertz CT molecular complexity index is 355. The second-order valence-corrected chi connectivity index (χ2v) is 4.18. The van der Waals surface area contributed by atoms with Crippen LogP contribution in [0.4, 0.5) is 4.39 Å². The van der Waals surface area contributed by atoms with Crippen LogP contribution < -0.4 is 10.1 Å². The van der Waals surface area contributed by atoms with Gasteiger partial charge in [-0.3, -0.25) is 0 Å². The molecule has 17 heavy (non-hydrogen) atoms. The van der Waals surface area contributed by atoms with Crippen LogP contribution >= 0.6 is 0 Å². The summed E-state index contributed by atoms with van der Waals surface area (Å²) >= 11 is 0. The van der Waals surface area contributed by atoms with Gasteiger partial charge in [-0.25, -0.2) is 4.39 Å². The Morgan fingerprint density at radius 3 is 2.71 bits per heavy atom. The maximum absolute atomic E-state index is 13.2. The van der Waals surface area contributed by atoms with E-state index in [4.69, 9.17) is 9.84 Å². The van der Waals surface area contributed by atoms with Gasteiger partial charge < -0.3 is 15.2 Å². The first-order chi connectivity index (χ1) is 8.04. The molecule has 1 aromatic carbocycles. The van der Waals surface area contributed by atoms with Crippen LogP contribution in [0.1, 0.15) is 31.9 Å². The van der Waals surface area contributed by atoms with Crippen LogP contribution in [-0.2, 0) is 0 Å². The van der Waals surface area contributed by atoms with Crippen LogP contribution in [0.2, 0.25) is 0 Å². The SMILES string of the molecule is CNC(C)c1ccc(F)cc1OCCC(C)O. The third-order valence-corrected chi connectivity index (χ3v) is 2.67. The Balaban J connectivity index is 2.76. The fraction of sp³-hybridized carbons (Fsp3) is 0.538. The van der Waals surface area contributed by atoms with Gasteiger partial charge in [-0.05, 0) is 27.0 Å². The highest BCUT2D eigenvalue weighted by Crippen LogP contribution is 2.26. The summed E-state index contributed by atoms with van der Waals surface area (Å²) in [7, 11) is 1.84. The lowest BCUT2D eigenvalue weighted by Crippen LogP contribution is -2.15. The van der Waals surface area contributed by atoms with E-state index >= 15 is 0 Å². The van der Waals surface area contributed by atoms with Crippen molar-refractivity contribution in [2.75, 3.05) is 13.7 Å². The number of nitrogens with one attached hydrogen (secondary N) is 1. The van der Waals surface area contributed by atoms with Crippen LogP contribution in [-0.4, -0.2) is 24.9 Å². The topological polar surface area (TPSA) is 41.5 Å². The number of rotatable bonds is 6. The van der Waals surface area contributed by atoms with E-state index in [-0.39, 0.29) is 11.9 Å². The van der Waals surface area contributed by atoms with Gasteiger partial charge in [0.2, 0.25) is 0 Å². The second-order valence-electron chi connectivity index (χ2n) is 4.18. The van der Waals surface area contributed by atoms with Crippen LogP contribution in [0.3, 0.4) is 0 Å². The molecule has 0 radical (unpaired) electrons. The third kappa shape index (κ3) is 4.32. The summed E-state index contributed by atoms with van der Waals surface area (Å²) in [5.41, 5.74) is 0.916. The Labute approximate surface area is 102 Å². The molecule has 0 heterocycles. The highest BCUT2D eigenvalue weighted by molar-refractivity contribution is 5.36. The third-order valence-electron chi connectivity index (χ3n) is 2.67. The lowest BCUT2D eigenvalue weighted by Gasteiger charge is -2.17. The van der Waals surface area contributed by atoms with Crippen molar-refractivity contribution in [1.82, 2.24) is 5.32 Å². The van der Waals surface area contributed by atoms with Crippen LogP contribution in [0, 0.1) is 5.82 Å². The Kier molecular flexibility index (Phi) is 5.38. The molecular weight excluding hydrogens is 221 g/mol. The maximum Gasteiger partial charge on any atom is 0.126 e. The first-order valence-electron chi connectivity index (χ1n) is 5.82. The molecular formula is C13H20FNO2. The van der Waals surface area contributed by atoms with E-state index in [0.717, 1.165) is 5.56 Å². The highest BCUT2D eigenvalue weighted by atomic mass is 19.1. The standard InChI is InChI=1S/C13H20FNO2/c1-9(16)6-7-17-13-8-11(14)4-5-12(13)10(2)15-3/h4-5,8-10,15-16H,6-7H2,1-3H3. The summed E-state index contributed by atoms with van der Waals surface area (Å²) in [6, 6.07) is 4.61. The van der Waals surface area contributed by atoms with Crippen molar-refractivity contribution in [3.63, 3.8) is 0 Å². The second kappa shape index (κ2) is 6.57. The monoisotopic (exact) mass is 241 g/mol. The molecule has 2 N–H and O–H groups in total. The van der Waals surface area contributed by atoms with Gasteiger partial charge in [0.1, 0.15) is 11.6 Å². The van der Waals surface area contributed by atoms with E-state index in [1.54, 1.807) is 13.0 Å². The van der Waals surface area contributed by atoms with E-state index in [0.29, 0.717) is 18.8 Å². The van der Waals surface area contributed by atoms with Crippen LogP contribution in [0.25, 0.3) is 0 Å². The molecule has 0 bridgehead atoms. The highest BCUT2D eigenvalue weighted by Gasteiger charge is 2.11. The van der Waals surface area contributed by atoms with Crippen molar-refractivity contribution < 1.29 is 14.2 Å². The lowest BCUT2D eigenvalue weighted by molar-refractivity contribution is 0.155. The van der Waals surface area contributed by atoms with Gasteiger partial charge in [0.25, 0.3) is 0 Å². The molecule has 3 nitrogen and oxygen atoms in total. The molecule has 0 amide bonds. The van der Waals surface area contributed by atoms with Gasteiger partial charge in [-0.15, -0.1) is 0 Å². The predicted molar refractivity (Wildman–Crippen MR) is 65.7 cm³/mol. The fourth-order valence-corrected chi connectivity index (χ4v) is 1.49. The van der Waals surface area contributed by atoms with Crippen molar-refractivity contribution in [3.8, 4) is 5.75 Å². The molecule has 0 aliphatic rings. The molecule has 0 fully saturated rings. The number of benzene rings is 1. The fourth-order valence-electron chi connectivity index (χ4n) is 1.49. The van der Waals surface area contributed by atoms with Crippen molar-refractivity contribution in [2.45, 2.75) is 32.4 Å². The largest absolute Gasteiger partial charge is 0.493 e. The minimum Gasteiger partial charge on any atom is -0.493 e. The number of halogens is 1. The Morgan fingerprint density at radius 2 is 2.12 bits per heavy atom. The summed E-state index contributed by atoms with van der Waals surface area (Å²) in [5.74, 6) is 0.219. The molecule has 2 unspecified atom stereocenters. The maximum atomic E-state index is 13.2. The lowest BCUT2D eigenvalue weighted by atomic mass is 10.1. The van der Waals surface area contributed by atoms with Crippen LogP contribution in [0.5, 0.6) is 5.75 Å². The number of aliphatic hydroxyl groups excluding tert-OH is 1. The summed E-state index contributed by atoms with van der Waals surface area (Å²) < 4.78 is 18.7. The molecule has 0 aliphatic heterocycles. The minimum atomic E-state index is -0.409. The normalized spacial score (nSPS) is 14.4. The average Bonchev–Trinajstić information content (AvgIpc) is 2.28. The quantitative estimate of drug-likeness (QED) is 0.802. The molecule has 0 saturated carbocycles. The van der Waals surface area contributed by atoms with Crippen LogP contribution in [0.15, 0.2) is 18.2 Å². The molecule has 0 saturated heterocycles. The van der Waals surface area contributed by atoms with Gasteiger partial charge in [-0.1, -0.05) is 6.07 Å². The van der Waals surface area contributed by atoms with Gasteiger partial charge in [0.05, 0.1) is 12.7 Å². The average molecular weight is 241 g/mol. The van der Waals surface area contributed by atoms with E-state index < -0.39 is 6.10 Å². The van der Waals surface area contributed by atoms with Gasteiger partial charge in [0.15, 0.2) is 0 Å².